The van der Waals surface area contributed by atoms with Crippen LogP contribution >= 0.6 is 0 Å². The Bertz CT molecular complexity index is 1010. The Morgan fingerprint density at radius 3 is 2.52 bits per heavy atom. The summed E-state index contributed by atoms with van der Waals surface area (Å²) in [7, 11) is 0. The van der Waals surface area contributed by atoms with Gasteiger partial charge >= 0.3 is 0 Å². The Hall–Kier alpha value is -2.95. The summed E-state index contributed by atoms with van der Waals surface area (Å²) >= 11 is 0. The van der Waals surface area contributed by atoms with Gasteiger partial charge in [0.05, 0.1) is 5.69 Å². The highest BCUT2D eigenvalue weighted by Crippen LogP contribution is 2.24. The van der Waals surface area contributed by atoms with Crippen LogP contribution in [0, 0.1) is 0 Å². The molecule has 27 heavy (non-hydrogen) atoms. The zero-order valence-corrected chi connectivity index (χ0v) is 15.3. The average Bonchev–Trinajstić information content (AvgIpc) is 3.21. The Balaban J connectivity index is 1.28. The van der Waals surface area contributed by atoms with Gasteiger partial charge in [0.25, 0.3) is 5.91 Å². The lowest BCUT2D eigenvalue weighted by atomic mass is 10.1. The van der Waals surface area contributed by atoms with Crippen LogP contribution in [0.25, 0.3) is 10.8 Å². The molecule has 1 fully saturated rings. The summed E-state index contributed by atoms with van der Waals surface area (Å²) in [6.45, 7) is 3.02. The number of carbonyl (C=O) groups excluding carboxylic acids is 1. The molecule has 0 saturated carbocycles. The van der Waals surface area contributed by atoms with Crippen LogP contribution in [-0.2, 0) is 12.8 Å². The molecule has 1 aliphatic heterocycles. The van der Waals surface area contributed by atoms with E-state index in [0.717, 1.165) is 53.8 Å². The summed E-state index contributed by atoms with van der Waals surface area (Å²) in [5.74, 6) is 1.06. The average molecular weight is 358 g/mol. The van der Waals surface area contributed by atoms with Gasteiger partial charge in [-0.2, -0.15) is 5.10 Å². The second-order valence-electron chi connectivity index (χ2n) is 7.37. The van der Waals surface area contributed by atoms with E-state index in [9.17, 15) is 4.79 Å². The first-order valence-corrected chi connectivity index (χ1v) is 9.66. The van der Waals surface area contributed by atoms with E-state index in [1.807, 2.05) is 35.2 Å². The van der Waals surface area contributed by atoms with Crippen molar-refractivity contribution in [2.45, 2.75) is 19.3 Å². The van der Waals surface area contributed by atoms with Crippen LogP contribution in [0.5, 0.6) is 0 Å². The smallest absolute Gasteiger partial charge is 0.253 e. The highest BCUT2D eigenvalue weighted by atomic mass is 16.2. The predicted octanol–water partition coefficient (Wildman–Crippen LogP) is 3.08. The van der Waals surface area contributed by atoms with Gasteiger partial charge in [0.15, 0.2) is 5.82 Å². The molecule has 2 heterocycles. The number of amides is 1. The van der Waals surface area contributed by atoms with Gasteiger partial charge in [0.2, 0.25) is 0 Å². The van der Waals surface area contributed by atoms with Gasteiger partial charge in [-0.25, -0.2) is 0 Å². The van der Waals surface area contributed by atoms with Gasteiger partial charge in [-0.1, -0.05) is 30.3 Å². The number of anilines is 1. The van der Waals surface area contributed by atoms with Crippen molar-refractivity contribution in [2.24, 2.45) is 0 Å². The molecule has 5 nitrogen and oxygen atoms in total. The topological polar surface area (TPSA) is 49.3 Å². The van der Waals surface area contributed by atoms with Gasteiger partial charge < -0.3 is 9.80 Å². The maximum absolute atomic E-state index is 12.9. The van der Waals surface area contributed by atoms with Gasteiger partial charge in [-0.15, -0.1) is 5.10 Å². The SMILES string of the molecule is O=C(c1ccc2ccccc2c1)N1CCN(c2cc3c(nn2)CCC3)CC1. The van der Waals surface area contributed by atoms with Crippen molar-refractivity contribution in [3.63, 3.8) is 0 Å². The van der Waals surface area contributed by atoms with E-state index in [4.69, 9.17) is 0 Å². The summed E-state index contributed by atoms with van der Waals surface area (Å²) in [4.78, 5) is 17.1. The van der Waals surface area contributed by atoms with Gasteiger partial charge in [0.1, 0.15) is 0 Å². The fraction of sp³-hybridized carbons (Fsp3) is 0.318. The lowest BCUT2D eigenvalue weighted by Gasteiger charge is -2.35. The Morgan fingerprint density at radius 1 is 0.852 bits per heavy atom. The number of piperazine rings is 1. The summed E-state index contributed by atoms with van der Waals surface area (Å²) in [5.41, 5.74) is 3.26. The zero-order valence-electron chi connectivity index (χ0n) is 15.3. The lowest BCUT2D eigenvalue weighted by Crippen LogP contribution is -2.49. The standard InChI is InChI=1S/C22H22N4O/c27-22(19-9-8-16-4-1-2-5-17(16)14-19)26-12-10-25(11-13-26)21-15-18-6-3-7-20(18)23-24-21/h1-2,4-5,8-9,14-15H,3,6-7,10-13H2. The Labute approximate surface area is 158 Å². The van der Waals surface area contributed by atoms with Crippen LogP contribution in [-0.4, -0.2) is 47.2 Å². The molecule has 1 saturated heterocycles. The molecule has 0 unspecified atom stereocenters. The van der Waals surface area contributed by atoms with E-state index in [1.165, 1.54) is 12.0 Å². The predicted molar refractivity (Wildman–Crippen MR) is 106 cm³/mol. The van der Waals surface area contributed by atoms with Crippen molar-refractivity contribution in [3.8, 4) is 0 Å². The van der Waals surface area contributed by atoms with Gasteiger partial charge in [-0.05, 0) is 53.8 Å². The fourth-order valence-corrected chi connectivity index (χ4v) is 4.12. The first kappa shape index (κ1) is 16.2. The van der Waals surface area contributed by atoms with Gasteiger partial charge in [0, 0.05) is 31.7 Å². The molecule has 3 aromatic rings. The quantitative estimate of drug-likeness (QED) is 0.706. The number of rotatable bonds is 2. The lowest BCUT2D eigenvalue weighted by molar-refractivity contribution is 0.0746. The molecule has 136 valence electrons. The van der Waals surface area contributed by atoms with E-state index in [1.54, 1.807) is 0 Å². The molecule has 2 aliphatic rings. The van der Waals surface area contributed by atoms with Crippen LogP contribution in [0.1, 0.15) is 28.0 Å². The molecule has 0 bridgehead atoms. The van der Waals surface area contributed by atoms with E-state index in [2.05, 4.69) is 33.3 Å². The van der Waals surface area contributed by atoms with Crippen LogP contribution in [0.3, 0.4) is 0 Å². The first-order valence-electron chi connectivity index (χ1n) is 9.66. The molecule has 0 radical (unpaired) electrons. The monoisotopic (exact) mass is 358 g/mol. The van der Waals surface area contributed by atoms with Crippen molar-refractivity contribution in [2.75, 3.05) is 31.1 Å². The van der Waals surface area contributed by atoms with Crippen molar-refractivity contribution in [1.29, 1.82) is 0 Å². The van der Waals surface area contributed by atoms with Crippen molar-refractivity contribution >= 4 is 22.5 Å². The minimum absolute atomic E-state index is 0.112. The highest BCUT2D eigenvalue weighted by molar-refractivity contribution is 5.98. The number of hydrogen-bond acceptors (Lipinski definition) is 4. The van der Waals surface area contributed by atoms with Gasteiger partial charge in [-0.3, -0.25) is 4.79 Å². The molecule has 1 aromatic heterocycles. The minimum Gasteiger partial charge on any atom is -0.352 e. The fourth-order valence-electron chi connectivity index (χ4n) is 4.12. The molecule has 0 spiro atoms. The third-order valence-electron chi connectivity index (χ3n) is 5.69. The second kappa shape index (κ2) is 6.65. The maximum Gasteiger partial charge on any atom is 0.253 e. The third kappa shape index (κ3) is 3.03. The highest BCUT2D eigenvalue weighted by Gasteiger charge is 2.24. The third-order valence-corrected chi connectivity index (χ3v) is 5.69. The number of fused-ring (bicyclic) bond motifs is 2. The van der Waals surface area contributed by atoms with E-state index in [0.29, 0.717) is 13.1 Å². The Kier molecular flexibility index (Phi) is 4.00. The molecule has 1 amide bonds. The summed E-state index contributed by atoms with van der Waals surface area (Å²) in [6, 6.07) is 16.3. The molecule has 5 heteroatoms. The number of hydrogen-bond donors (Lipinski definition) is 0. The number of nitrogens with zero attached hydrogens (tertiary/aromatic N) is 4. The van der Waals surface area contributed by atoms with E-state index < -0.39 is 0 Å². The first-order chi connectivity index (χ1) is 13.3. The zero-order chi connectivity index (χ0) is 18.2. The molecule has 1 aliphatic carbocycles. The summed E-state index contributed by atoms with van der Waals surface area (Å²) < 4.78 is 0. The molecular weight excluding hydrogens is 336 g/mol. The normalized spacial score (nSPS) is 16.6. The van der Waals surface area contributed by atoms with Crippen molar-refractivity contribution < 1.29 is 4.79 Å². The number of aryl methyl sites for hydroxylation is 2. The van der Waals surface area contributed by atoms with Crippen LogP contribution < -0.4 is 4.90 Å². The summed E-state index contributed by atoms with van der Waals surface area (Å²) in [6.07, 6.45) is 3.34. The minimum atomic E-state index is 0.112. The molecule has 5 rings (SSSR count). The largest absolute Gasteiger partial charge is 0.352 e. The van der Waals surface area contributed by atoms with Crippen molar-refractivity contribution in [3.05, 3.63) is 65.4 Å². The number of carbonyl (C=O) groups is 1. The van der Waals surface area contributed by atoms with E-state index in [-0.39, 0.29) is 5.91 Å². The summed E-state index contributed by atoms with van der Waals surface area (Å²) in [5, 5.41) is 11.1. The molecular formula is C22H22N4O. The number of benzene rings is 2. The van der Waals surface area contributed by atoms with Crippen LogP contribution in [0.2, 0.25) is 0 Å². The van der Waals surface area contributed by atoms with Crippen LogP contribution in [0.4, 0.5) is 5.82 Å². The Morgan fingerprint density at radius 2 is 1.67 bits per heavy atom. The second-order valence-corrected chi connectivity index (χ2v) is 7.37. The van der Waals surface area contributed by atoms with Crippen molar-refractivity contribution in [1.82, 2.24) is 15.1 Å². The maximum atomic E-state index is 12.9. The molecule has 2 aromatic carbocycles. The van der Waals surface area contributed by atoms with Crippen LogP contribution in [0.15, 0.2) is 48.5 Å². The number of aromatic nitrogens is 2. The molecule has 0 atom stereocenters. The van der Waals surface area contributed by atoms with E-state index >= 15 is 0 Å². The molecule has 0 N–H and O–H groups in total.